The number of imide groups is 1. The molecule has 1 unspecified atom stereocenters. The van der Waals surface area contributed by atoms with E-state index in [0.717, 1.165) is 10.1 Å². The van der Waals surface area contributed by atoms with E-state index in [4.69, 9.17) is 0 Å². The normalized spacial score (nSPS) is 21.4. The average molecular weight is 255 g/mol. The van der Waals surface area contributed by atoms with Crippen LogP contribution < -0.4 is 10.6 Å². The third-order valence-corrected chi connectivity index (χ3v) is 3.48. The van der Waals surface area contributed by atoms with Crippen LogP contribution in [0.1, 0.15) is 11.9 Å². The highest BCUT2D eigenvalue weighted by molar-refractivity contribution is 7.15. The van der Waals surface area contributed by atoms with Crippen LogP contribution in [0, 0.1) is 0 Å². The summed E-state index contributed by atoms with van der Waals surface area (Å²) in [7, 11) is 1.77. The Morgan fingerprint density at radius 3 is 2.94 bits per heavy atom. The van der Waals surface area contributed by atoms with Crippen LogP contribution >= 0.6 is 11.3 Å². The molecule has 2 rings (SSSR count). The number of hydrogen-bond donors (Lipinski definition) is 2. The minimum atomic E-state index is -0.324. The van der Waals surface area contributed by atoms with E-state index in [2.05, 4.69) is 20.8 Å². The molecule has 2 heterocycles. The van der Waals surface area contributed by atoms with Gasteiger partial charge in [-0.1, -0.05) is 11.3 Å². The summed E-state index contributed by atoms with van der Waals surface area (Å²) in [4.78, 5) is 24.5. The van der Waals surface area contributed by atoms with E-state index in [1.54, 1.807) is 18.9 Å². The van der Waals surface area contributed by atoms with Gasteiger partial charge in [-0.05, 0) is 6.92 Å². The van der Waals surface area contributed by atoms with Gasteiger partial charge >= 0.3 is 0 Å². The summed E-state index contributed by atoms with van der Waals surface area (Å²) in [6.45, 7) is 2.43. The second kappa shape index (κ2) is 4.76. The monoisotopic (exact) mass is 255 g/mol. The number of carbonyl (C=O) groups is 2. The van der Waals surface area contributed by atoms with Gasteiger partial charge in [-0.2, -0.15) is 0 Å². The van der Waals surface area contributed by atoms with Gasteiger partial charge in [0.2, 0.25) is 16.9 Å². The number of nitrogens with zero attached hydrogens (tertiary/aromatic N) is 3. The van der Waals surface area contributed by atoms with Crippen molar-refractivity contribution in [2.24, 2.45) is 0 Å². The Labute approximate surface area is 102 Å². The Morgan fingerprint density at radius 2 is 2.29 bits per heavy atom. The van der Waals surface area contributed by atoms with E-state index >= 15 is 0 Å². The molecule has 0 bridgehead atoms. The van der Waals surface area contributed by atoms with Crippen molar-refractivity contribution < 1.29 is 9.59 Å². The maximum Gasteiger partial charge on any atom is 0.243 e. The Balaban J connectivity index is 2.06. The summed E-state index contributed by atoms with van der Waals surface area (Å²) in [6.07, 6.45) is 0. The number of anilines is 1. The summed E-state index contributed by atoms with van der Waals surface area (Å²) >= 11 is 1.41. The highest BCUT2D eigenvalue weighted by atomic mass is 32.1. The first kappa shape index (κ1) is 11.9. The Hall–Kier alpha value is -1.54. The first-order chi connectivity index (χ1) is 8.10. The number of piperazine rings is 1. The largest absolute Gasteiger partial charge is 0.363 e. The van der Waals surface area contributed by atoms with Gasteiger partial charge in [0.15, 0.2) is 0 Å². The second-order valence-corrected chi connectivity index (χ2v) is 4.81. The summed E-state index contributed by atoms with van der Waals surface area (Å²) < 4.78 is 0. The molecule has 1 saturated heterocycles. The fourth-order valence-corrected chi connectivity index (χ4v) is 2.27. The summed E-state index contributed by atoms with van der Waals surface area (Å²) in [5.74, 6) is -0.536. The molecule has 92 valence electrons. The van der Waals surface area contributed by atoms with Crippen molar-refractivity contribution in [1.29, 1.82) is 0 Å². The lowest BCUT2D eigenvalue weighted by Gasteiger charge is -2.30. The molecular formula is C9H13N5O2S. The van der Waals surface area contributed by atoms with Crippen LogP contribution in [0.25, 0.3) is 0 Å². The zero-order chi connectivity index (χ0) is 12.4. The molecule has 17 heavy (non-hydrogen) atoms. The predicted molar refractivity (Wildman–Crippen MR) is 62.5 cm³/mol. The molecule has 2 N–H and O–H groups in total. The molecular weight excluding hydrogens is 242 g/mol. The van der Waals surface area contributed by atoms with E-state index in [0.29, 0.717) is 6.54 Å². The van der Waals surface area contributed by atoms with Crippen molar-refractivity contribution in [1.82, 2.24) is 20.4 Å². The lowest BCUT2D eigenvalue weighted by atomic mass is 10.2. The van der Waals surface area contributed by atoms with Crippen LogP contribution in [-0.4, -0.2) is 46.5 Å². The molecule has 0 aromatic carbocycles. The van der Waals surface area contributed by atoms with Crippen molar-refractivity contribution in [3.05, 3.63) is 5.01 Å². The van der Waals surface area contributed by atoms with Gasteiger partial charge in [-0.15, -0.1) is 10.2 Å². The van der Waals surface area contributed by atoms with Crippen LogP contribution in [-0.2, 0) is 16.1 Å². The lowest BCUT2D eigenvalue weighted by molar-refractivity contribution is -0.139. The summed E-state index contributed by atoms with van der Waals surface area (Å²) in [6, 6.07) is -0.324. The van der Waals surface area contributed by atoms with Gasteiger partial charge in [0.1, 0.15) is 5.01 Å². The Morgan fingerprint density at radius 1 is 1.53 bits per heavy atom. The van der Waals surface area contributed by atoms with Crippen molar-refractivity contribution in [3.63, 3.8) is 0 Å². The third-order valence-electron chi connectivity index (χ3n) is 2.56. The topological polar surface area (TPSA) is 87.2 Å². The zero-order valence-corrected chi connectivity index (χ0v) is 10.4. The predicted octanol–water partition coefficient (Wildman–Crippen LogP) is -0.573. The van der Waals surface area contributed by atoms with Crippen LogP contribution in [0.3, 0.4) is 0 Å². The molecule has 1 fully saturated rings. The minimum Gasteiger partial charge on any atom is -0.363 e. The van der Waals surface area contributed by atoms with Crippen LogP contribution in [0.2, 0.25) is 0 Å². The highest BCUT2D eigenvalue weighted by Gasteiger charge is 2.30. The van der Waals surface area contributed by atoms with Crippen molar-refractivity contribution in [2.75, 3.05) is 18.9 Å². The van der Waals surface area contributed by atoms with E-state index < -0.39 is 0 Å². The molecule has 1 aromatic heterocycles. The fraction of sp³-hybridized carbons (Fsp3) is 0.556. The molecule has 8 heteroatoms. The molecule has 1 atom stereocenters. The Kier molecular flexibility index (Phi) is 3.34. The quantitative estimate of drug-likeness (QED) is 0.703. The maximum atomic E-state index is 11.4. The number of carbonyl (C=O) groups excluding carboxylic acids is 2. The molecule has 1 aliphatic heterocycles. The molecule has 0 radical (unpaired) electrons. The fourth-order valence-electron chi connectivity index (χ4n) is 1.55. The summed E-state index contributed by atoms with van der Waals surface area (Å²) in [5.41, 5.74) is 0. The zero-order valence-electron chi connectivity index (χ0n) is 9.56. The molecule has 1 aromatic rings. The van der Waals surface area contributed by atoms with Crippen molar-refractivity contribution in [2.45, 2.75) is 19.5 Å². The number of amides is 2. The van der Waals surface area contributed by atoms with E-state index in [1.165, 1.54) is 11.3 Å². The molecule has 0 spiro atoms. The first-order valence-electron chi connectivity index (χ1n) is 5.18. The first-order valence-corrected chi connectivity index (χ1v) is 5.99. The number of rotatable bonds is 3. The lowest BCUT2D eigenvalue weighted by Crippen LogP contribution is -2.56. The van der Waals surface area contributed by atoms with Crippen LogP contribution in [0.15, 0.2) is 0 Å². The van der Waals surface area contributed by atoms with Crippen LogP contribution in [0.4, 0.5) is 5.13 Å². The number of nitrogens with one attached hydrogen (secondary N) is 2. The van der Waals surface area contributed by atoms with Gasteiger partial charge in [0.25, 0.3) is 0 Å². The van der Waals surface area contributed by atoms with E-state index in [1.807, 2.05) is 0 Å². The van der Waals surface area contributed by atoms with Crippen LogP contribution in [0.5, 0.6) is 0 Å². The number of hydrogen-bond acceptors (Lipinski definition) is 7. The molecule has 0 saturated carbocycles. The van der Waals surface area contributed by atoms with E-state index in [-0.39, 0.29) is 24.4 Å². The van der Waals surface area contributed by atoms with Gasteiger partial charge in [0, 0.05) is 7.05 Å². The highest BCUT2D eigenvalue weighted by Crippen LogP contribution is 2.18. The van der Waals surface area contributed by atoms with Gasteiger partial charge in [-0.3, -0.25) is 19.8 Å². The summed E-state index contributed by atoms with van der Waals surface area (Å²) in [5, 5.41) is 14.6. The van der Waals surface area contributed by atoms with Crippen molar-refractivity contribution in [3.8, 4) is 0 Å². The van der Waals surface area contributed by atoms with Gasteiger partial charge < -0.3 is 5.32 Å². The third kappa shape index (κ3) is 2.59. The molecule has 2 amide bonds. The van der Waals surface area contributed by atoms with E-state index in [9.17, 15) is 9.59 Å². The number of aromatic nitrogens is 2. The standard InChI is InChI=1S/C9H13N5O2S/c1-5-8(16)11-6(15)3-14(5)4-7-12-13-9(10-2)17-7/h5H,3-4H2,1-2H3,(H,10,13)(H,11,15,16). The SMILES string of the molecule is CNc1nnc(CN2CC(=O)NC(=O)C2C)s1. The smallest absolute Gasteiger partial charge is 0.243 e. The Bertz CT molecular complexity index is 446. The molecule has 7 nitrogen and oxygen atoms in total. The maximum absolute atomic E-state index is 11.4. The van der Waals surface area contributed by atoms with Crippen molar-refractivity contribution >= 4 is 28.3 Å². The van der Waals surface area contributed by atoms with Gasteiger partial charge in [0.05, 0.1) is 19.1 Å². The second-order valence-electron chi connectivity index (χ2n) is 3.74. The van der Waals surface area contributed by atoms with Gasteiger partial charge in [-0.25, -0.2) is 0 Å². The molecule has 1 aliphatic rings. The average Bonchev–Trinajstić information content (AvgIpc) is 2.73. The minimum absolute atomic E-state index is 0.210. The molecule has 0 aliphatic carbocycles.